The molecule has 0 amide bonds. The largest absolute Gasteiger partial charge is 0.455 e. The summed E-state index contributed by atoms with van der Waals surface area (Å²) in [5, 5.41) is 4.44. The first-order chi connectivity index (χ1) is 24.8. The quantitative estimate of drug-likeness (QED) is 0.188. The van der Waals surface area contributed by atoms with Crippen molar-refractivity contribution in [2.45, 2.75) is 0 Å². The molecule has 0 saturated carbocycles. The molecule has 0 spiro atoms. The molecule has 3 aromatic heterocycles. The van der Waals surface area contributed by atoms with Gasteiger partial charge in [-0.2, -0.15) is 0 Å². The topological polar surface area (TPSA) is 56.7 Å². The van der Waals surface area contributed by atoms with Crippen LogP contribution in [0.1, 0.15) is 0 Å². The number of para-hydroxylation sites is 3. The molecule has 3 heterocycles. The highest BCUT2D eigenvalue weighted by Gasteiger charge is 2.22. The molecule has 5 heteroatoms. The first kappa shape index (κ1) is 28.2. The summed E-state index contributed by atoms with van der Waals surface area (Å²) in [6.07, 6.45) is 0. The van der Waals surface area contributed by atoms with Crippen molar-refractivity contribution in [3.63, 3.8) is 0 Å². The van der Waals surface area contributed by atoms with Gasteiger partial charge < -0.3 is 8.98 Å². The van der Waals surface area contributed by atoms with Crippen LogP contribution >= 0.6 is 0 Å². The first-order valence-electron chi connectivity index (χ1n) is 16.7. The molecule has 0 N–H and O–H groups in total. The van der Waals surface area contributed by atoms with Gasteiger partial charge in [-0.3, -0.25) is 0 Å². The lowest BCUT2D eigenvalue weighted by molar-refractivity contribution is 0.673. The third-order valence-electron chi connectivity index (χ3n) is 9.46. The van der Waals surface area contributed by atoms with E-state index in [1.807, 2.05) is 54.6 Å². The highest BCUT2D eigenvalue weighted by molar-refractivity contribution is 6.24. The summed E-state index contributed by atoms with van der Waals surface area (Å²) in [5.74, 6) is 1.84. The Hall–Kier alpha value is -6.85. The van der Waals surface area contributed by atoms with Crippen LogP contribution in [0.5, 0.6) is 0 Å². The van der Waals surface area contributed by atoms with E-state index < -0.39 is 0 Å². The van der Waals surface area contributed by atoms with Gasteiger partial charge in [0.15, 0.2) is 17.5 Å². The minimum Gasteiger partial charge on any atom is -0.455 e. The Morgan fingerprint density at radius 2 is 1.02 bits per heavy atom. The summed E-state index contributed by atoms with van der Waals surface area (Å²) in [4.78, 5) is 15.4. The van der Waals surface area contributed by atoms with Crippen molar-refractivity contribution in [1.29, 1.82) is 0 Å². The summed E-state index contributed by atoms with van der Waals surface area (Å²) in [5.41, 5.74) is 9.89. The lowest BCUT2D eigenvalue weighted by atomic mass is 10.0. The zero-order valence-electron chi connectivity index (χ0n) is 26.9. The molecule has 0 saturated heterocycles. The van der Waals surface area contributed by atoms with Gasteiger partial charge in [-0.1, -0.05) is 127 Å². The Balaban J connectivity index is 1.22. The molecule has 0 unspecified atom stereocenters. The number of fused-ring (bicyclic) bond motifs is 7. The summed E-state index contributed by atoms with van der Waals surface area (Å²) in [6.45, 7) is 0. The zero-order chi connectivity index (χ0) is 33.0. The van der Waals surface area contributed by atoms with Crippen molar-refractivity contribution in [3.8, 4) is 51.0 Å². The molecule has 234 valence electrons. The zero-order valence-corrected chi connectivity index (χ0v) is 26.9. The summed E-state index contributed by atoms with van der Waals surface area (Å²) in [7, 11) is 0. The van der Waals surface area contributed by atoms with Crippen molar-refractivity contribution in [1.82, 2.24) is 19.5 Å². The monoisotopic (exact) mass is 640 g/mol. The lowest BCUT2D eigenvalue weighted by Crippen LogP contribution is -2.03. The van der Waals surface area contributed by atoms with Gasteiger partial charge in [-0.25, -0.2) is 15.0 Å². The molecule has 50 heavy (non-hydrogen) atoms. The van der Waals surface area contributed by atoms with Crippen LogP contribution < -0.4 is 0 Å². The number of aromatic nitrogens is 4. The molecule has 7 aromatic carbocycles. The Morgan fingerprint density at radius 3 is 1.86 bits per heavy atom. The van der Waals surface area contributed by atoms with E-state index in [9.17, 15) is 0 Å². The minimum atomic E-state index is 0.602. The van der Waals surface area contributed by atoms with E-state index in [4.69, 9.17) is 19.4 Å². The molecular formula is C45H28N4O. The third-order valence-corrected chi connectivity index (χ3v) is 9.46. The van der Waals surface area contributed by atoms with E-state index in [0.29, 0.717) is 17.5 Å². The number of hydrogen-bond acceptors (Lipinski definition) is 4. The van der Waals surface area contributed by atoms with Gasteiger partial charge in [-0.05, 0) is 53.6 Å². The average molecular weight is 641 g/mol. The Kier molecular flexibility index (Phi) is 6.42. The van der Waals surface area contributed by atoms with E-state index in [1.165, 1.54) is 0 Å². The number of rotatable bonds is 5. The van der Waals surface area contributed by atoms with Gasteiger partial charge in [0.25, 0.3) is 0 Å². The van der Waals surface area contributed by atoms with Crippen LogP contribution in [-0.4, -0.2) is 19.5 Å². The lowest BCUT2D eigenvalue weighted by Gasteiger charge is -2.14. The summed E-state index contributed by atoms with van der Waals surface area (Å²) < 4.78 is 8.88. The standard InChI is InChI=1S/C45H28N4O/c1-3-14-29(15-4-1)31-18-13-19-32(28-31)44-46-43(30-16-5-2-6-17-30)47-45(48-44)36-22-8-11-24-38(36)49-37-23-10-7-21-35(37)41-39(49)27-26-34-33-20-9-12-25-40(33)50-42(34)41/h1-28H. The fourth-order valence-electron chi connectivity index (χ4n) is 7.16. The van der Waals surface area contributed by atoms with Gasteiger partial charge in [0, 0.05) is 32.8 Å². The van der Waals surface area contributed by atoms with Crippen molar-refractivity contribution >= 4 is 43.7 Å². The van der Waals surface area contributed by atoms with Crippen LogP contribution in [0.15, 0.2) is 174 Å². The molecule has 0 aliphatic rings. The fraction of sp³-hybridized carbons (Fsp3) is 0. The Morgan fingerprint density at radius 1 is 0.400 bits per heavy atom. The van der Waals surface area contributed by atoms with Gasteiger partial charge in [-0.15, -0.1) is 0 Å². The van der Waals surface area contributed by atoms with Crippen molar-refractivity contribution < 1.29 is 4.42 Å². The predicted molar refractivity (Wildman–Crippen MR) is 203 cm³/mol. The second-order valence-corrected chi connectivity index (χ2v) is 12.4. The van der Waals surface area contributed by atoms with Crippen LogP contribution in [-0.2, 0) is 0 Å². The van der Waals surface area contributed by atoms with Crippen molar-refractivity contribution in [2.24, 2.45) is 0 Å². The molecule has 0 aliphatic carbocycles. The average Bonchev–Trinajstić information content (AvgIpc) is 3.74. The number of furan rings is 1. The molecule has 0 aliphatic heterocycles. The Labute approximate surface area is 287 Å². The second kappa shape index (κ2) is 11.4. The van der Waals surface area contributed by atoms with Crippen molar-refractivity contribution in [3.05, 3.63) is 170 Å². The van der Waals surface area contributed by atoms with Gasteiger partial charge in [0.1, 0.15) is 11.2 Å². The molecule has 0 radical (unpaired) electrons. The molecule has 0 bridgehead atoms. The first-order valence-corrected chi connectivity index (χ1v) is 16.7. The van der Waals surface area contributed by atoms with Crippen LogP contribution in [0.4, 0.5) is 0 Å². The maximum Gasteiger partial charge on any atom is 0.166 e. The van der Waals surface area contributed by atoms with Crippen LogP contribution in [0.25, 0.3) is 94.7 Å². The maximum absolute atomic E-state index is 6.56. The van der Waals surface area contributed by atoms with Gasteiger partial charge >= 0.3 is 0 Å². The third kappa shape index (κ3) is 4.52. The molecule has 10 rings (SSSR count). The predicted octanol–water partition coefficient (Wildman–Crippen LogP) is 11.5. The minimum absolute atomic E-state index is 0.602. The van der Waals surface area contributed by atoms with E-state index in [0.717, 1.165) is 77.2 Å². The van der Waals surface area contributed by atoms with Gasteiger partial charge in [0.05, 0.1) is 22.1 Å². The number of nitrogens with zero attached hydrogens (tertiary/aromatic N) is 4. The Bertz CT molecular complexity index is 2870. The molecule has 0 fully saturated rings. The van der Waals surface area contributed by atoms with E-state index in [1.54, 1.807) is 0 Å². The smallest absolute Gasteiger partial charge is 0.166 e. The van der Waals surface area contributed by atoms with Gasteiger partial charge in [0.2, 0.25) is 0 Å². The number of benzene rings is 7. The highest BCUT2D eigenvalue weighted by atomic mass is 16.3. The molecule has 5 nitrogen and oxygen atoms in total. The number of hydrogen-bond donors (Lipinski definition) is 0. The summed E-state index contributed by atoms with van der Waals surface area (Å²) >= 11 is 0. The SMILES string of the molecule is c1ccc(-c2cccc(-c3nc(-c4ccccc4)nc(-c4ccccc4-n4c5ccccc5c5c6oc7ccccc7c6ccc54)n3)c2)cc1. The molecular weight excluding hydrogens is 613 g/mol. The van der Waals surface area contributed by atoms with E-state index in [-0.39, 0.29) is 0 Å². The second-order valence-electron chi connectivity index (χ2n) is 12.4. The normalized spacial score (nSPS) is 11.6. The van der Waals surface area contributed by atoms with Crippen LogP contribution in [0.2, 0.25) is 0 Å². The van der Waals surface area contributed by atoms with Crippen LogP contribution in [0, 0.1) is 0 Å². The highest BCUT2D eigenvalue weighted by Crippen LogP contribution is 2.42. The van der Waals surface area contributed by atoms with E-state index in [2.05, 4.69) is 120 Å². The molecule has 0 atom stereocenters. The van der Waals surface area contributed by atoms with Crippen LogP contribution in [0.3, 0.4) is 0 Å². The molecule has 10 aromatic rings. The fourth-order valence-corrected chi connectivity index (χ4v) is 7.16. The summed E-state index contributed by atoms with van der Waals surface area (Å²) in [6, 6.07) is 58.4. The van der Waals surface area contributed by atoms with E-state index >= 15 is 0 Å². The maximum atomic E-state index is 6.56. The van der Waals surface area contributed by atoms with Crippen molar-refractivity contribution in [2.75, 3.05) is 0 Å².